The van der Waals surface area contributed by atoms with Gasteiger partial charge in [-0.15, -0.1) is 0 Å². The molecule has 0 saturated carbocycles. The molecule has 0 heterocycles. The summed E-state index contributed by atoms with van der Waals surface area (Å²) in [5, 5.41) is 3.42. The highest BCUT2D eigenvalue weighted by Crippen LogP contribution is 2.17. The van der Waals surface area contributed by atoms with Crippen molar-refractivity contribution >= 4 is 0 Å². The molecule has 1 aromatic rings. The van der Waals surface area contributed by atoms with Gasteiger partial charge in [0.15, 0.2) is 0 Å². The Hall–Kier alpha value is -0.900. The van der Waals surface area contributed by atoms with Gasteiger partial charge in [0.1, 0.15) is 0 Å². The molecule has 0 amide bonds. The van der Waals surface area contributed by atoms with Gasteiger partial charge in [-0.3, -0.25) is 0 Å². The van der Waals surface area contributed by atoms with Crippen LogP contribution in [0, 0.1) is 13.8 Å². The fourth-order valence-corrected chi connectivity index (χ4v) is 2.46. The third-order valence-electron chi connectivity index (χ3n) is 3.38. The standard InChI is InChI=1S/C16H28N2O/c1-13-9-14(2)11-15(10-13)16(17-3)12-18(4)7-6-8-19-5/h9-11,16-17H,6-8,12H2,1-5H3. The Kier molecular flexibility index (Phi) is 7.06. The van der Waals surface area contributed by atoms with Crippen LogP contribution in [0.3, 0.4) is 0 Å². The lowest BCUT2D eigenvalue weighted by Crippen LogP contribution is -2.32. The number of benzene rings is 1. The number of aryl methyl sites for hydroxylation is 2. The van der Waals surface area contributed by atoms with Crippen molar-refractivity contribution in [2.75, 3.05) is 40.9 Å². The van der Waals surface area contributed by atoms with Crippen LogP contribution >= 0.6 is 0 Å². The van der Waals surface area contributed by atoms with Crippen LogP contribution < -0.4 is 5.32 Å². The molecular formula is C16H28N2O. The first-order chi connectivity index (χ1) is 9.06. The Bertz CT molecular complexity index is 359. The van der Waals surface area contributed by atoms with E-state index in [0.29, 0.717) is 6.04 Å². The largest absolute Gasteiger partial charge is 0.385 e. The van der Waals surface area contributed by atoms with Crippen LogP contribution in [0.25, 0.3) is 0 Å². The molecule has 0 aromatic heterocycles. The molecule has 1 aromatic carbocycles. The van der Waals surface area contributed by atoms with E-state index in [4.69, 9.17) is 4.74 Å². The molecule has 0 aliphatic carbocycles. The second kappa shape index (κ2) is 8.31. The van der Waals surface area contributed by atoms with E-state index in [0.717, 1.165) is 26.1 Å². The Labute approximate surface area is 118 Å². The van der Waals surface area contributed by atoms with Gasteiger partial charge < -0.3 is 15.0 Å². The lowest BCUT2D eigenvalue weighted by Gasteiger charge is -2.24. The molecule has 0 bridgehead atoms. The number of ether oxygens (including phenoxy) is 1. The van der Waals surface area contributed by atoms with E-state index < -0.39 is 0 Å². The average Bonchev–Trinajstić information content (AvgIpc) is 2.35. The van der Waals surface area contributed by atoms with Crippen LogP contribution in [0.5, 0.6) is 0 Å². The van der Waals surface area contributed by atoms with Crippen LogP contribution in [0.4, 0.5) is 0 Å². The Morgan fingerprint density at radius 3 is 2.37 bits per heavy atom. The van der Waals surface area contributed by atoms with Gasteiger partial charge in [-0.25, -0.2) is 0 Å². The average molecular weight is 264 g/mol. The predicted molar refractivity (Wildman–Crippen MR) is 81.7 cm³/mol. The number of nitrogens with zero attached hydrogens (tertiary/aromatic N) is 1. The lowest BCUT2D eigenvalue weighted by atomic mass is 10.0. The summed E-state index contributed by atoms with van der Waals surface area (Å²) in [5.74, 6) is 0. The fourth-order valence-electron chi connectivity index (χ4n) is 2.46. The quantitative estimate of drug-likeness (QED) is 0.730. The van der Waals surface area contributed by atoms with E-state index in [2.05, 4.69) is 49.3 Å². The summed E-state index contributed by atoms with van der Waals surface area (Å²) in [6.07, 6.45) is 1.08. The molecule has 0 spiro atoms. The molecule has 3 nitrogen and oxygen atoms in total. The van der Waals surface area contributed by atoms with Crippen LogP contribution in [0.1, 0.15) is 29.2 Å². The first-order valence-corrected chi connectivity index (χ1v) is 6.99. The van der Waals surface area contributed by atoms with Crippen molar-refractivity contribution < 1.29 is 4.74 Å². The maximum absolute atomic E-state index is 5.10. The number of hydrogen-bond donors (Lipinski definition) is 1. The van der Waals surface area contributed by atoms with Gasteiger partial charge in [0.2, 0.25) is 0 Å². The Morgan fingerprint density at radius 2 is 1.84 bits per heavy atom. The van der Waals surface area contributed by atoms with E-state index in [-0.39, 0.29) is 0 Å². The highest BCUT2D eigenvalue weighted by molar-refractivity contribution is 5.30. The summed E-state index contributed by atoms with van der Waals surface area (Å²) in [4.78, 5) is 2.36. The van der Waals surface area contributed by atoms with Gasteiger partial charge in [-0.1, -0.05) is 29.3 Å². The number of nitrogens with one attached hydrogen (secondary N) is 1. The number of methoxy groups -OCH3 is 1. The summed E-state index contributed by atoms with van der Waals surface area (Å²) < 4.78 is 5.10. The zero-order valence-electron chi connectivity index (χ0n) is 13.0. The highest BCUT2D eigenvalue weighted by Gasteiger charge is 2.12. The van der Waals surface area contributed by atoms with Gasteiger partial charge in [-0.05, 0) is 39.9 Å². The zero-order valence-corrected chi connectivity index (χ0v) is 13.0. The minimum Gasteiger partial charge on any atom is -0.385 e. The minimum absolute atomic E-state index is 0.381. The first kappa shape index (κ1) is 16.2. The number of rotatable bonds is 8. The van der Waals surface area contributed by atoms with E-state index >= 15 is 0 Å². The maximum atomic E-state index is 5.10. The maximum Gasteiger partial charge on any atom is 0.0474 e. The van der Waals surface area contributed by atoms with Gasteiger partial charge in [0, 0.05) is 32.8 Å². The van der Waals surface area contributed by atoms with Gasteiger partial charge in [0.05, 0.1) is 0 Å². The second-order valence-electron chi connectivity index (χ2n) is 5.37. The van der Waals surface area contributed by atoms with Crippen molar-refractivity contribution in [3.63, 3.8) is 0 Å². The van der Waals surface area contributed by atoms with Crippen LogP contribution in [0.15, 0.2) is 18.2 Å². The minimum atomic E-state index is 0.381. The topological polar surface area (TPSA) is 24.5 Å². The molecule has 108 valence electrons. The molecule has 0 aliphatic heterocycles. The van der Waals surface area contributed by atoms with Crippen LogP contribution in [-0.4, -0.2) is 45.8 Å². The molecule has 1 rings (SSSR count). The summed E-state index contributed by atoms with van der Waals surface area (Å²) >= 11 is 0. The summed E-state index contributed by atoms with van der Waals surface area (Å²) in [5.41, 5.74) is 4.04. The van der Waals surface area contributed by atoms with Gasteiger partial charge in [-0.2, -0.15) is 0 Å². The highest BCUT2D eigenvalue weighted by atomic mass is 16.5. The predicted octanol–water partition coefficient (Wildman–Crippen LogP) is 2.53. The fraction of sp³-hybridized carbons (Fsp3) is 0.625. The van der Waals surface area contributed by atoms with Gasteiger partial charge in [0.25, 0.3) is 0 Å². The molecule has 3 heteroatoms. The van der Waals surface area contributed by atoms with E-state index in [1.807, 2.05) is 7.05 Å². The summed E-state index contributed by atoms with van der Waals surface area (Å²) in [7, 11) is 5.96. The van der Waals surface area contributed by atoms with Crippen LogP contribution in [-0.2, 0) is 4.74 Å². The van der Waals surface area contributed by atoms with Gasteiger partial charge >= 0.3 is 0 Å². The molecule has 1 unspecified atom stereocenters. The molecular weight excluding hydrogens is 236 g/mol. The molecule has 0 radical (unpaired) electrons. The lowest BCUT2D eigenvalue weighted by molar-refractivity contribution is 0.176. The smallest absolute Gasteiger partial charge is 0.0474 e. The van der Waals surface area contributed by atoms with E-state index in [1.165, 1.54) is 16.7 Å². The molecule has 0 aliphatic rings. The second-order valence-corrected chi connectivity index (χ2v) is 5.37. The number of likely N-dealkylation sites (N-methyl/N-ethyl adjacent to an activating group) is 2. The van der Waals surface area contributed by atoms with Crippen molar-refractivity contribution in [3.05, 3.63) is 34.9 Å². The van der Waals surface area contributed by atoms with Crippen molar-refractivity contribution in [3.8, 4) is 0 Å². The Balaban J connectivity index is 2.61. The van der Waals surface area contributed by atoms with Crippen molar-refractivity contribution in [2.45, 2.75) is 26.3 Å². The summed E-state index contributed by atoms with van der Waals surface area (Å²) in [6.45, 7) is 7.23. The third kappa shape index (κ3) is 5.72. The first-order valence-electron chi connectivity index (χ1n) is 6.99. The van der Waals surface area contributed by atoms with E-state index in [9.17, 15) is 0 Å². The zero-order chi connectivity index (χ0) is 14.3. The molecule has 19 heavy (non-hydrogen) atoms. The van der Waals surface area contributed by atoms with E-state index in [1.54, 1.807) is 7.11 Å². The monoisotopic (exact) mass is 264 g/mol. The van der Waals surface area contributed by atoms with Crippen molar-refractivity contribution in [2.24, 2.45) is 0 Å². The number of hydrogen-bond acceptors (Lipinski definition) is 3. The molecule has 0 fully saturated rings. The molecule has 1 N–H and O–H groups in total. The van der Waals surface area contributed by atoms with Crippen LogP contribution in [0.2, 0.25) is 0 Å². The van der Waals surface area contributed by atoms with Crippen molar-refractivity contribution in [1.82, 2.24) is 10.2 Å². The summed E-state index contributed by atoms with van der Waals surface area (Å²) in [6, 6.07) is 7.15. The Morgan fingerprint density at radius 1 is 1.21 bits per heavy atom. The van der Waals surface area contributed by atoms with Crippen molar-refractivity contribution in [1.29, 1.82) is 0 Å². The molecule has 0 saturated heterocycles. The SMILES string of the molecule is CNC(CN(C)CCCOC)c1cc(C)cc(C)c1. The normalized spacial score (nSPS) is 12.9. The molecule has 1 atom stereocenters. The third-order valence-corrected chi connectivity index (χ3v) is 3.38.